The monoisotopic (exact) mass is 1740 g/mol. The number of nitrogens with zero attached hydrogens (tertiary/aromatic N) is 11. The van der Waals surface area contributed by atoms with Crippen LogP contribution in [0.1, 0.15) is 68.1 Å². The van der Waals surface area contributed by atoms with Gasteiger partial charge in [0.2, 0.25) is 40.1 Å². The molecule has 8 aromatic carbocycles. The number of hydrogen-bond donors (Lipinski definition) is 0. The Morgan fingerprint density at radius 1 is 0.320 bits per heavy atom. The van der Waals surface area contributed by atoms with Gasteiger partial charge in [0.15, 0.2) is 0 Å². The molecule has 8 heterocycles. The average molecular weight is 1740 g/mol. The molecule has 0 bridgehead atoms. The second-order valence-electron chi connectivity index (χ2n) is 29.8. The molecule has 4 aromatic heterocycles. The average Bonchev–Trinajstić information content (AvgIpc) is 0.791. The molecule has 4 saturated heterocycles. The van der Waals surface area contributed by atoms with Gasteiger partial charge in [-0.05, 0) is 239 Å². The van der Waals surface area contributed by atoms with E-state index in [9.17, 15) is 51.2 Å². The number of piperidine rings is 4. The van der Waals surface area contributed by atoms with Crippen molar-refractivity contribution in [3.63, 3.8) is 0 Å². The van der Waals surface area contributed by atoms with Gasteiger partial charge in [0.25, 0.3) is 0 Å². The Bertz CT molecular complexity index is 6500. The van der Waals surface area contributed by atoms with Gasteiger partial charge >= 0.3 is 0 Å². The van der Waals surface area contributed by atoms with Gasteiger partial charge in [0, 0.05) is 130 Å². The molecule has 122 heavy (non-hydrogen) atoms. The van der Waals surface area contributed by atoms with Gasteiger partial charge in [0.1, 0.15) is 106 Å². The largest absolute Gasteiger partial charge is 0.497 e. The normalized spacial score (nSPS) is 15.7. The van der Waals surface area contributed by atoms with Crippen molar-refractivity contribution in [1.29, 1.82) is 15.8 Å². The summed E-state index contributed by atoms with van der Waals surface area (Å²) in [6.45, 7) is 3.34. The highest BCUT2D eigenvalue weighted by atomic mass is 32.2. The second kappa shape index (κ2) is 38.0. The van der Waals surface area contributed by atoms with Gasteiger partial charge in [-0.25, -0.2) is 68.5 Å². The zero-order valence-electron chi connectivity index (χ0n) is 67.3. The Hall–Kier alpha value is -12.0. The van der Waals surface area contributed by atoms with Crippen LogP contribution in [0.2, 0.25) is 0 Å². The van der Waals surface area contributed by atoms with Crippen molar-refractivity contribution >= 4 is 83.2 Å². The van der Waals surface area contributed by atoms with Crippen molar-refractivity contribution in [2.75, 3.05) is 91.6 Å². The summed E-state index contributed by atoms with van der Waals surface area (Å²) in [5.41, 5.74) is 5.01. The number of halogens is 4. The number of nitriles is 3. The van der Waals surface area contributed by atoms with Crippen LogP contribution in [0.15, 0.2) is 189 Å². The maximum Gasteiger partial charge on any atom is 0.211 e. The van der Waals surface area contributed by atoms with Crippen molar-refractivity contribution in [3.05, 3.63) is 229 Å². The third kappa shape index (κ3) is 21.5. The van der Waals surface area contributed by atoms with Crippen LogP contribution in [0.5, 0.6) is 34.5 Å². The van der Waals surface area contributed by atoms with Crippen LogP contribution in [0.3, 0.4) is 0 Å². The zero-order valence-corrected chi connectivity index (χ0v) is 70.6. The van der Waals surface area contributed by atoms with E-state index in [1.165, 1.54) is 72.6 Å². The Morgan fingerprint density at radius 3 is 0.885 bits per heavy atom. The SMILES string of the molecule is COc1cc(OC)cc(-c2cc(OC3CCN(S(C)(=O)=O)CC3)c3cnccc3c2)c1.CS(=O)(=O)N1CCC(Oc2cc(-c3cc(F)c(C#N)c(F)c3)cc3ccncc23)CC1.CS(=O)(=O)N1CCC(Oc2cc(-c3ccc(C#N)c(F)c3)cc3ccncc23)CC1.CS(=O)(=O)N1CCC(Oc2cc(-c3ccc(F)c(C#N)c3)cc3ccncc23)CC1. The van der Waals surface area contributed by atoms with Gasteiger partial charge in [-0.15, -0.1) is 0 Å². The van der Waals surface area contributed by atoms with Crippen LogP contribution in [0.25, 0.3) is 87.6 Å². The minimum absolute atomic E-state index is 0.00199. The van der Waals surface area contributed by atoms with Crippen molar-refractivity contribution in [1.82, 2.24) is 37.2 Å². The predicted octanol–water partition coefficient (Wildman–Crippen LogP) is 15.0. The number of rotatable bonds is 18. The number of sulfonamides is 4. The first kappa shape index (κ1) is 87.8. The topological polar surface area (TPSA) is 328 Å². The van der Waals surface area contributed by atoms with Crippen LogP contribution in [0.4, 0.5) is 17.6 Å². The van der Waals surface area contributed by atoms with Crippen LogP contribution in [-0.4, -0.2) is 187 Å². The van der Waals surface area contributed by atoms with E-state index in [1.54, 1.807) is 94.1 Å². The van der Waals surface area contributed by atoms with Gasteiger partial charge in [-0.1, -0.05) is 12.1 Å². The minimum Gasteiger partial charge on any atom is -0.497 e. The lowest BCUT2D eigenvalue weighted by atomic mass is 9.99. The molecule has 4 fully saturated rings. The first-order chi connectivity index (χ1) is 58.3. The summed E-state index contributed by atoms with van der Waals surface area (Å²) in [4.78, 5) is 16.8. The molecular formula is C89H85F4N11O14S4. The molecule has 4 aliphatic rings. The van der Waals surface area contributed by atoms with Crippen LogP contribution >= 0.6 is 0 Å². The number of benzene rings is 8. The van der Waals surface area contributed by atoms with Gasteiger partial charge in [-0.2, -0.15) is 15.8 Å². The third-order valence-corrected chi connectivity index (χ3v) is 26.8. The third-order valence-electron chi connectivity index (χ3n) is 21.5. The van der Waals surface area contributed by atoms with E-state index in [0.29, 0.717) is 149 Å². The van der Waals surface area contributed by atoms with Crippen molar-refractivity contribution in [2.24, 2.45) is 0 Å². The van der Waals surface area contributed by atoms with Crippen molar-refractivity contribution in [3.8, 4) is 97.2 Å². The predicted molar refractivity (Wildman–Crippen MR) is 456 cm³/mol. The van der Waals surface area contributed by atoms with E-state index >= 15 is 0 Å². The fourth-order valence-electron chi connectivity index (χ4n) is 15.0. The highest BCUT2D eigenvalue weighted by Crippen LogP contribution is 2.41. The molecule has 0 amide bonds. The van der Waals surface area contributed by atoms with Crippen LogP contribution in [-0.2, 0) is 40.1 Å². The number of aromatic nitrogens is 4. The summed E-state index contributed by atoms with van der Waals surface area (Å²) in [5, 5.41) is 33.9. The highest BCUT2D eigenvalue weighted by molar-refractivity contribution is 7.89. The maximum atomic E-state index is 14.2. The molecule has 0 unspecified atom stereocenters. The summed E-state index contributed by atoms with van der Waals surface area (Å²) in [6.07, 6.45) is 22.7. The smallest absolute Gasteiger partial charge is 0.211 e. The lowest BCUT2D eigenvalue weighted by Gasteiger charge is -2.30. The standard InChI is InChI=1S/C23H26N2O5S.C22H19F2N3O3S.2C22H20FN3O3S/c1-28-20-11-18(12-21(14-20)29-2)17-10-16-4-7-24-15-22(16)23(13-17)30-19-5-8-25(9-6-19)31(3,26)27;1-31(28,29)27-6-3-17(4-7-27)30-22-11-15(8-14-2-5-26-13-19(14)22)16-9-20(23)18(12-25)21(24)10-16;1-30(27,28)26-8-5-19(6-9-26)29-22-12-18(10-16-4-7-25-14-20(16)22)15-2-3-17(13-24)21(23)11-15;1-30(27,28)26-8-5-19(6-9-26)29-22-12-17(11-16-4-7-25-14-20(16)22)15-2-3-21(23)18(10-15)13-24/h4,7,10-15,19H,5-6,8-9H2,1-3H3;2,5,8-11,13,17H,3-4,6-7H2,1H3;2*2-4,7,10-12,14,19H,5-6,8-9H2,1H3. The van der Waals surface area contributed by atoms with Gasteiger partial charge in [-0.3, -0.25) is 19.9 Å². The molecule has 0 N–H and O–H groups in total. The molecule has 0 saturated carbocycles. The number of ether oxygens (including phenoxy) is 6. The maximum absolute atomic E-state index is 14.2. The van der Waals surface area contributed by atoms with Gasteiger partial charge in [0.05, 0.1) is 50.4 Å². The fraction of sp³-hybridized carbons (Fsp3) is 0.292. The second-order valence-corrected chi connectivity index (χ2v) is 37.8. The fourth-order valence-corrected chi connectivity index (χ4v) is 18.5. The summed E-state index contributed by atoms with van der Waals surface area (Å²) < 4.78 is 192. The molecule has 0 aliphatic carbocycles. The molecule has 12 aromatic rings. The van der Waals surface area contributed by atoms with E-state index in [2.05, 4.69) is 26.0 Å². The highest BCUT2D eigenvalue weighted by Gasteiger charge is 2.32. The number of methoxy groups -OCH3 is 2. The summed E-state index contributed by atoms with van der Waals surface area (Å²) in [6, 6.07) is 44.7. The Balaban J connectivity index is 0.000000140. The van der Waals surface area contributed by atoms with E-state index in [1.807, 2.05) is 78.9 Å². The Labute approximate surface area is 705 Å². The van der Waals surface area contributed by atoms with Gasteiger partial charge < -0.3 is 28.4 Å². The summed E-state index contributed by atoms with van der Waals surface area (Å²) >= 11 is 0. The summed E-state index contributed by atoms with van der Waals surface area (Å²) in [7, 11) is -9.55. The van der Waals surface area contributed by atoms with E-state index in [4.69, 9.17) is 44.2 Å². The summed E-state index contributed by atoms with van der Waals surface area (Å²) in [5.74, 6) is 0.935. The Morgan fingerprint density at radius 2 is 0.598 bits per heavy atom. The molecular weight excluding hydrogens is 1650 g/mol. The molecule has 4 aliphatic heterocycles. The molecule has 0 atom stereocenters. The van der Waals surface area contributed by atoms with E-state index < -0.39 is 68.9 Å². The lowest BCUT2D eigenvalue weighted by Crippen LogP contribution is -2.41. The van der Waals surface area contributed by atoms with Crippen LogP contribution < -0.4 is 28.4 Å². The molecule has 0 radical (unpaired) electrons. The molecule has 632 valence electrons. The van der Waals surface area contributed by atoms with Crippen LogP contribution in [0, 0.1) is 57.3 Å². The zero-order chi connectivity index (χ0) is 86.8. The molecule has 25 nitrogen and oxygen atoms in total. The number of pyridine rings is 4. The first-order valence-electron chi connectivity index (χ1n) is 38.8. The lowest BCUT2D eigenvalue weighted by molar-refractivity contribution is 0.137. The molecule has 16 rings (SSSR count). The van der Waals surface area contributed by atoms with Crippen molar-refractivity contribution < 1.29 is 79.7 Å². The number of hydrogen-bond acceptors (Lipinski definition) is 21. The number of fused-ring (bicyclic) bond motifs is 4. The minimum atomic E-state index is -3.24. The van der Waals surface area contributed by atoms with Crippen molar-refractivity contribution in [2.45, 2.75) is 75.8 Å². The Kier molecular flexibility index (Phi) is 27.3. The molecule has 33 heteroatoms. The van der Waals surface area contributed by atoms with E-state index in [0.717, 1.165) is 83.2 Å². The first-order valence-corrected chi connectivity index (χ1v) is 46.2. The quantitative estimate of drug-likeness (QED) is 0.0720. The molecule has 0 spiro atoms. The van der Waals surface area contributed by atoms with E-state index in [-0.39, 0.29) is 41.1 Å².